The van der Waals surface area contributed by atoms with E-state index in [1.165, 1.54) is 18.4 Å². The second-order valence-electron chi connectivity index (χ2n) is 7.73. The zero-order valence-corrected chi connectivity index (χ0v) is 17.6. The number of para-hydroxylation sites is 1. The van der Waals surface area contributed by atoms with Crippen molar-refractivity contribution in [2.75, 3.05) is 7.11 Å². The minimum atomic E-state index is -1.15. The average Bonchev–Trinajstić information content (AvgIpc) is 3.02. The van der Waals surface area contributed by atoms with Crippen molar-refractivity contribution in [3.63, 3.8) is 0 Å². The van der Waals surface area contributed by atoms with E-state index in [-0.39, 0.29) is 5.56 Å². The first-order chi connectivity index (χ1) is 14.4. The molecule has 0 radical (unpaired) electrons. The Balaban J connectivity index is 1.79. The highest BCUT2D eigenvalue weighted by atomic mass is 32.1. The second kappa shape index (κ2) is 6.67. The van der Waals surface area contributed by atoms with Crippen LogP contribution in [0.4, 0.5) is 0 Å². The maximum atomic E-state index is 13.4. The first kappa shape index (κ1) is 18.8. The van der Waals surface area contributed by atoms with E-state index in [2.05, 4.69) is 0 Å². The van der Waals surface area contributed by atoms with E-state index >= 15 is 0 Å². The fraction of sp³-hybridized carbons (Fsp3) is 0.261. The lowest BCUT2D eigenvalue weighted by Crippen LogP contribution is -2.58. The van der Waals surface area contributed by atoms with E-state index in [0.717, 1.165) is 16.7 Å². The van der Waals surface area contributed by atoms with Crippen LogP contribution >= 0.6 is 11.3 Å². The van der Waals surface area contributed by atoms with E-state index in [4.69, 9.17) is 14.5 Å². The van der Waals surface area contributed by atoms with Crippen molar-refractivity contribution in [2.45, 2.75) is 25.6 Å². The van der Waals surface area contributed by atoms with Gasteiger partial charge in [0.2, 0.25) is 5.72 Å². The van der Waals surface area contributed by atoms with Gasteiger partial charge >= 0.3 is 5.97 Å². The van der Waals surface area contributed by atoms with Crippen molar-refractivity contribution in [3.05, 3.63) is 84.9 Å². The van der Waals surface area contributed by atoms with Crippen LogP contribution in [0.15, 0.2) is 58.3 Å². The molecule has 0 fully saturated rings. The van der Waals surface area contributed by atoms with Crippen LogP contribution in [0.1, 0.15) is 29.7 Å². The number of rotatable bonds is 2. The zero-order valence-electron chi connectivity index (χ0n) is 16.8. The molecule has 3 aromatic rings. The summed E-state index contributed by atoms with van der Waals surface area (Å²) >= 11 is 1.31. The smallest absolute Gasteiger partial charge is 0.317 e. The number of aryl methyl sites for hydroxylation is 1. The van der Waals surface area contributed by atoms with Gasteiger partial charge in [-0.05, 0) is 31.6 Å². The van der Waals surface area contributed by atoms with Gasteiger partial charge in [0.1, 0.15) is 11.7 Å². The molecule has 5 rings (SSSR count). The van der Waals surface area contributed by atoms with Crippen molar-refractivity contribution < 1.29 is 14.3 Å². The molecule has 3 atom stereocenters. The Kier molecular flexibility index (Phi) is 4.18. The Morgan fingerprint density at radius 2 is 1.97 bits per heavy atom. The molecule has 7 heteroatoms. The van der Waals surface area contributed by atoms with Gasteiger partial charge in [0.05, 0.1) is 17.7 Å². The van der Waals surface area contributed by atoms with Gasteiger partial charge in [0.25, 0.3) is 5.56 Å². The lowest BCUT2D eigenvalue weighted by molar-refractivity contribution is -0.158. The van der Waals surface area contributed by atoms with E-state index in [1.54, 1.807) is 11.5 Å². The lowest BCUT2D eigenvalue weighted by Gasteiger charge is -2.44. The summed E-state index contributed by atoms with van der Waals surface area (Å²) in [5.41, 5.74) is 1.55. The standard InChI is InChI=1S/C23H20N2O4S/c1-13-8-10-14(11-9-13)12-17-20(26)25-19-15-6-4-5-7-16(15)29-23(2,24-22(25)30-17)18(19)21(27)28-3/h4-12,18-19H,1-3H3/b17-12+/t18-,19-,23-/m0/s1. The molecule has 0 saturated carbocycles. The Labute approximate surface area is 176 Å². The summed E-state index contributed by atoms with van der Waals surface area (Å²) in [6, 6.07) is 14.9. The normalized spacial score (nSPS) is 24.3. The van der Waals surface area contributed by atoms with Crippen LogP contribution in [-0.2, 0) is 9.53 Å². The molecule has 0 amide bonds. The van der Waals surface area contributed by atoms with E-state index in [0.29, 0.717) is 15.1 Å². The molecule has 0 unspecified atom stereocenters. The highest BCUT2D eigenvalue weighted by Crippen LogP contribution is 2.47. The summed E-state index contributed by atoms with van der Waals surface area (Å²) in [4.78, 5) is 31.5. The third kappa shape index (κ3) is 2.73. The molecule has 2 aliphatic rings. The topological polar surface area (TPSA) is 69.9 Å². The molecule has 2 bridgehead atoms. The van der Waals surface area contributed by atoms with Gasteiger partial charge < -0.3 is 9.47 Å². The first-order valence-corrected chi connectivity index (χ1v) is 10.5. The summed E-state index contributed by atoms with van der Waals surface area (Å²) in [6.07, 6.45) is 1.86. The number of hydrogen-bond donors (Lipinski definition) is 0. The van der Waals surface area contributed by atoms with Crippen molar-refractivity contribution in [1.82, 2.24) is 4.57 Å². The first-order valence-electron chi connectivity index (χ1n) is 9.67. The summed E-state index contributed by atoms with van der Waals surface area (Å²) in [5.74, 6) is -0.584. The molecule has 0 spiro atoms. The van der Waals surface area contributed by atoms with Gasteiger partial charge in [0, 0.05) is 5.56 Å². The highest BCUT2D eigenvalue weighted by Gasteiger charge is 2.55. The fourth-order valence-electron chi connectivity index (χ4n) is 4.25. The predicted molar refractivity (Wildman–Crippen MR) is 113 cm³/mol. The third-order valence-electron chi connectivity index (χ3n) is 5.71. The summed E-state index contributed by atoms with van der Waals surface area (Å²) in [7, 11) is 1.34. The molecular weight excluding hydrogens is 400 g/mol. The monoisotopic (exact) mass is 420 g/mol. The molecule has 6 nitrogen and oxygen atoms in total. The minimum Gasteiger partial charge on any atom is -0.469 e. The summed E-state index contributed by atoms with van der Waals surface area (Å²) < 4.78 is 13.4. The molecule has 1 aromatic heterocycles. The molecule has 2 aromatic carbocycles. The number of ether oxygens (including phenoxy) is 2. The van der Waals surface area contributed by atoms with Crippen LogP contribution < -0.4 is 19.6 Å². The van der Waals surface area contributed by atoms with E-state index in [9.17, 15) is 9.59 Å². The van der Waals surface area contributed by atoms with Gasteiger partial charge in [-0.25, -0.2) is 4.99 Å². The molecule has 2 aliphatic heterocycles. The van der Waals surface area contributed by atoms with Gasteiger partial charge in [0.15, 0.2) is 4.80 Å². The van der Waals surface area contributed by atoms with Crippen LogP contribution in [0.5, 0.6) is 5.75 Å². The number of carbonyl (C=O) groups is 1. The van der Waals surface area contributed by atoms with Crippen LogP contribution in [0, 0.1) is 12.8 Å². The van der Waals surface area contributed by atoms with Crippen LogP contribution in [0.25, 0.3) is 6.08 Å². The van der Waals surface area contributed by atoms with Crippen molar-refractivity contribution in [1.29, 1.82) is 0 Å². The van der Waals surface area contributed by atoms with Gasteiger partial charge in [-0.3, -0.25) is 14.2 Å². The molecule has 0 N–H and O–H groups in total. The van der Waals surface area contributed by atoms with Crippen molar-refractivity contribution in [2.24, 2.45) is 10.9 Å². The fourth-order valence-corrected chi connectivity index (χ4v) is 5.34. The number of fused-ring (bicyclic) bond motifs is 6. The number of methoxy groups -OCH3 is 1. The van der Waals surface area contributed by atoms with Crippen LogP contribution in [-0.4, -0.2) is 23.4 Å². The van der Waals surface area contributed by atoms with Crippen molar-refractivity contribution >= 4 is 23.4 Å². The number of aromatic nitrogens is 1. The van der Waals surface area contributed by atoms with Gasteiger partial charge in [-0.1, -0.05) is 59.4 Å². The maximum Gasteiger partial charge on any atom is 0.317 e. The molecule has 3 heterocycles. The minimum absolute atomic E-state index is 0.169. The Hall–Kier alpha value is -3.19. The van der Waals surface area contributed by atoms with Crippen LogP contribution in [0.3, 0.4) is 0 Å². The van der Waals surface area contributed by atoms with Gasteiger partial charge in [-0.15, -0.1) is 0 Å². The molecule has 0 saturated heterocycles. The number of benzene rings is 2. The van der Waals surface area contributed by atoms with Gasteiger partial charge in [-0.2, -0.15) is 0 Å². The molecular formula is C23H20N2O4S. The summed E-state index contributed by atoms with van der Waals surface area (Å²) in [6.45, 7) is 3.79. The Morgan fingerprint density at radius 3 is 2.70 bits per heavy atom. The molecule has 30 heavy (non-hydrogen) atoms. The van der Waals surface area contributed by atoms with E-state index < -0.39 is 23.7 Å². The Bertz CT molecular complexity index is 1340. The largest absolute Gasteiger partial charge is 0.469 e. The number of esters is 1. The SMILES string of the molecule is COC(=O)[C@@H]1[C@@H]2c3ccccc3O[C@]1(C)N=c1s/c(=C/c3ccc(C)cc3)c(=O)n12. The van der Waals surface area contributed by atoms with Crippen molar-refractivity contribution in [3.8, 4) is 5.75 Å². The highest BCUT2D eigenvalue weighted by molar-refractivity contribution is 7.07. The molecule has 152 valence electrons. The second-order valence-corrected chi connectivity index (χ2v) is 8.74. The number of carbonyl (C=O) groups excluding carboxylic acids is 1. The predicted octanol–water partition coefficient (Wildman–Crippen LogP) is 2.17. The summed E-state index contributed by atoms with van der Waals surface area (Å²) in [5, 5.41) is 0. The number of nitrogens with zero attached hydrogens (tertiary/aromatic N) is 2. The molecule has 0 aliphatic carbocycles. The third-order valence-corrected chi connectivity index (χ3v) is 6.69. The number of hydrogen-bond acceptors (Lipinski definition) is 6. The average molecular weight is 420 g/mol. The van der Waals surface area contributed by atoms with Crippen LogP contribution in [0.2, 0.25) is 0 Å². The van der Waals surface area contributed by atoms with E-state index in [1.807, 2.05) is 61.5 Å². The quantitative estimate of drug-likeness (QED) is 0.596. The zero-order chi connectivity index (χ0) is 21.0. The lowest BCUT2D eigenvalue weighted by atomic mass is 9.81. The Morgan fingerprint density at radius 1 is 1.23 bits per heavy atom. The maximum absolute atomic E-state index is 13.4. The number of thiazole rings is 1.